The molecule has 0 aliphatic carbocycles. The van der Waals surface area contributed by atoms with E-state index < -0.39 is 16.1 Å². The molecule has 0 atom stereocenters. The van der Waals surface area contributed by atoms with E-state index in [-0.39, 0.29) is 12.3 Å². The summed E-state index contributed by atoms with van der Waals surface area (Å²) in [4.78, 5) is 13.1. The Bertz CT molecular complexity index is 886. The molecular weight excluding hydrogens is 534 g/mol. The van der Waals surface area contributed by atoms with Crippen molar-refractivity contribution in [2.24, 2.45) is 0 Å². The van der Waals surface area contributed by atoms with Gasteiger partial charge >= 0.3 is 0 Å². The summed E-state index contributed by atoms with van der Waals surface area (Å²) < 4.78 is 15.9. The van der Waals surface area contributed by atoms with Crippen LogP contribution in [0, 0.1) is 0 Å². The van der Waals surface area contributed by atoms with Gasteiger partial charge in [-0.2, -0.15) is 5.10 Å². The van der Waals surface area contributed by atoms with Crippen LogP contribution in [-0.4, -0.2) is 43.7 Å². The van der Waals surface area contributed by atoms with Crippen molar-refractivity contribution in [3.05, 3.63) is 26.7 Å². The minimum atomic E-state index is -1.16. The number of alkyl halides is 1. The van der Waals surface area contributed by atoms with Gasteiger partial charge in [0.1, 0.15) is 13.5 Å². The molecule has 0 saturated heterocycles. The normalized spacial score (nSPS) is 12.8. The highest BCUT2D eigenvalue weighted by atomic mass is 79.9. The maximum Gasteiger partial charge on any atom is 0.278 e. The molecular formula is C19H33Br2N3O3Si2. The minimum Gasteiger partial charge on any atom is -0.361 e. The van der Waals surface area contributed by atoms with Gasteiger partial charge in [-0.3, -0.25) is 4.79 Å². The molecule has 0 aliphatic rings. The standard InChI is InChI=1S/C19H33Br2N3O3Si2/c1-28(2,3)9-7-26-13-23-16-12-22-24(14-27-8-10-29(4,5)6)19(25)17(16)15(11-20)18(23)21/h12H,7-11,13-14H2,1-6H3. The summed E-state index contributed by atoms with van der Waals surface area (Å²) in [5, 5.41) is 5.57. The lowest BCUT2D eigenvalue weighted by Crippen LogP contribution is -2.26. The van der Waals surface area contributed by atoms with Gasteiger partial charge < -0.3 is 14.0 Å². The minimum absolute atomic E-state index is 0.133. The van der Waals surface area contributed by atoms with Crippen molar-refractivity contribution in [1.82, 2.24) is 14.3 Å². The number of nitrogens with zero attached hydrogens (tertiary/aromatic N) is 3. The molecule has 0 saturated carbocycles. The topological polar surface area (TPSA) is 58.3 Å². The highest BCUT2D eigenvalue weighted by Crippen LogP contribution is 2.30. The fraction of sp³-hybridized carbons (Fsp3) is 0.684. The van der Waals surface area contributed by atoms with Crippen LogP contribution in [0.2, 0.25) is 51.4 Å². The predicted molar refractivity (Wildman–Crippen MR) is 133 cm³/mol. The third-order valence-electron chi connectivity index (χ3n) is 4.66. The number of aromatic nitrogens is 3. The van der Waals surface area contributed by atoms with Crippen LogP contribution in [0.4, 0.5) is 0 Å². The van der Waals surface area contributed by atoms with Gasteiger partial charge in [-0.05, 0) is 28.0 Å². The molecule has 0 bridgehead atoms. The molecule has 0 spiro atoms. The Labute approximate surface area is 192 Å². The van der Waals surface area contributed by atoms with Gasteiger partial charge in [0.25, 0.3) is 5.56 Å². The van der Waals surface area contributed by atoms with Gasteiger partial charge in [-0.25, -0.2) is 4.68 Å². The molecule has 2 heterocycles. The average Bonchev–Trinajstić information content (AvgIpc) is 2.87. The van der Waals surface area contributed by atoms with Crippen LogP contribution >= 0.6 is 31.9 Å². The molecule has 2 rings (SSSR count). The largest absolute Gasteiger partial charge is 0.361 e. The van der Waals surface area contributed by atoms with Gasteiger partial charge in [0, 0.05) is 40.3 Å². The van der Waals surface area contributed by atoms with Crippen molar-refractivity contribution in [1.29, 1.82) is 0 Å². The molecule has 0 amide bonds. The molecule has 0 fully saturated rings. The maximum absolute atomic E-state index is 13.1. The summed E-state index contributed by atoms with van der Waals surface area (Å²) >= 11 is 7.17. The number of rotatable bonds is 11. The smallest absolute Gasteiger partial charge is 0.278 e. The number of halogens is 2. The van der Waals surface area contributed by atoms with Crippen LogP contribution in [0.1, 0.15) is 5.56 Å². The van der Waals surface area contributed by atoms with Crippen LogP contribution in [0.5, 0.6) is 0 Å². The lowest BCUT2D eigenvalue weighted by molar-refractivity contribution is 0.0752. The molecule has 0 radical (unpaired) electrons. The van der Waals surface area contributed by atoms with Gasteiger partial charge in [0.15, 0.2) is 0 Å². The Kier molecular flexibility index (Phi) is 8.93. The molecule has 2 aromatic rings. The first-order valence-corrected chi connectivity index (χ1v) is 19.3. The van der Waals surface area contributed by atoms with E-state index in [9.17, 15) is 4.79 Å². The molecule has 0 N–H and O–H groups in total. The second-order valence-electron chi connectivity index (χ2n) is 9.74. The zero-order valence-corrected chi connectivity index (χ0v) is 23.5. The van der Waals surface area contributed by atoms with E-state index >= 15 is 0 Å². The maximum atomic E-state index is 13.1. The zero-order chi connectivity index (χ0) is 21.8. The van der Waals surface area contributed by atoms with Gasteiger partial charge in [-0.1, -0.05) is 55.2 Å². The molecule has 164 valence electrons. The Hall–Kier alpha value is -0.266. The van der Waals surface area contributed by atoms with E-state index in [1.54, 1.807) is 6.20 Å². The lowest BCUT2D eigenvalue weighted by atomic mass is 10.2. The molecule has 0 aromatic carbocycles. The number of ether oxygens (including phenoxy) is 2. The highest BCUT2D eigenvalue weighted by Gasteiger charge is 2.20. The third kappa shape index (κ3) is 7.14. The molecule has 0 unspecified atom stereocenters. The second kappa shape index (κ2) is 10.4. The van der Waals surface area contributed by atoms with Crippen LogP contribution < -0.4 is 5.56 Å². The van der Waals surface area contributed by atoms with Crippen molar-refractivity contribution < 1.29 is 9.47 Å². The SMILES string of the molecule is C[Si](C)(C)CCOCn1ncc2c(c(CBr)c(Br)n2COCC[Si](C)(C)C)c1=O. The summed E-state index contributed by atoms with van der Waals surface area (Å²) in [5.74, 6) is 0. The fourth-order valence-corrected chi connectivity index (χ4v) is 5.81. The monoisotopic (exact) mass is 565 g/mol. The number of fused-ring (bicyclic) bond motifs is 1. The van der Waals surface area contributed by atoms with Gasteiger partial charge in [-0.15, -0.1) is 0 Å². The average molecular weight is 567 g/mol. The Balaban J connectivity index is 2.20. The summed E-state index contributed by atoms with van der Waals surface area (Å²) in [6, 6.07) is 2.17. The van der Waals surface area contributed by atoms with E-state index in [1.165, 1.54) is 4.68 Å². The summed E-state index contributed by atoms with van der Waals surface area (Å²) in [6.07, 6.45) is 1.73. The number of hydrogen-bond acceptors (Lipinski definition) is 4. The van der Waals surface area contributed by atoms with Crippen LogP contribution in [0.25, 0.3) is 10.9 Å². The molecule has 6 nitrogen and oxygen atoms in total. The van der Waals surface area contributed by atoms with Crippen molar-refractivity contribution in [2.75, 3.05) is 13.2 Å². The van der Waals surface area contributed by atoms with E-state index in [4.69, 9.17) is 9.47 Å². The molecule has 10 heteroatoms. The van der Waals surface area contributed by atoms with E-state index in [1.807, 2.05) is 4.57 Å². The van der Waals surface area contributed by atoms with Crippen LogP contribution in [-0.2, 0) is 28.3 Å². The zero-order valence-electron chi connectivity index (χ0n) is 18.3. The molecule has 2 aromatic heterocycles. The predicted octanol–water partition coefficient (Wildman–Crippen LogP) is 5.48. The van der Waals surface area contributed by atoms with Crippen LogP contribution in [0.15, 0.2) is 15.6 Å². The Morgan fingerprint density at radius 3 is 2.07 bits per heavy atom. The van der Waals surface area contributed by atoms with Crippen LogP contribution in [0.3, 0.4) is 0 Å². The first-order valence-electron chi connectivity index (χ1n) is 9.93. The lowest BCUT2D eigenvalue weighted by Gasteiger charge is -2.16. The quantitative estimate of drug-likeness (QED) is 0.205. The summed E-state index contributed by atoms with van der Waals surface area (Å²) in [6.45, 7) is 15.9. The van der Waals surface area contributed by atoms with Crippen molar-refractivity contribution in [3.63, 3.8) is 0 Å². The summed E-state index contributed by atoms with van der Waals surface area (Å²) in [5.41, 5.74) is 1.56. The highest BCUT2D eigenvalue weighted by molar-refractivity contribution is 9.10. The van der Waals surface area contributed by atoms with Gasteiger partial charge in [0.05, 0.1) is 21.7 Å². The Morgan fingerprint density at radius 1 is 1.00 bits per heavy atom. The van der Waals surface area contributed by atoms with E-state index in [2.05, 4.69) is 76.2 Å². The third-order valence-corrected chi connectivity index (χ3v) is 9.54. The van der Waals surface area contributed by atoms with Crippen molar-refractivity contribution in [3.8, 4) is 0 Å². The second-order valence-corrected chi connectivity index (χ2v) is 22.3. The number of hydrogen-bond donors (Lipinski definition) is 0. The summed E-state index contributed by atoms with van der Waals surface area (Å²) in [7, 11) is -2.30. The van der Waals surface area contributed by atoms with Crippen molar-refractivity contribution in [2.45, 2.75) is 70.2 Å². The fourth-order valence-electron chi connectivity index (χ4n) is 2.74. The molecule has 0 aliphatic heterocycles. The van der Waals surface area contributed by atoms with E-state index in [0.717, 1.165) is 34.4 Å². The first kappa shape index (κ1) is 25.0. The van der Waals surface area contributed by atoms with Gasteiger partial charge in [0.2, 0.25) is 0 Å². The Morgan fingerprint density at radius 2 is 1.55 bits per heavy atom. The molecule has 29 heavy (non-hydrogen) atoms. The van der Waals surface area contributed by atoms with Crippen molar-refractivity contribution >= 4 is 58.9 Å². The first-order chi connectivity index (χ1) is 13.4. The van der Waals surface area contributed by atoms with E-state index in [0.29, 0.717) is 24.1 Å².